The Morgan fingerprint density at radius 3 is 2.63 bits per heavy atom. The number of urea groups is 1. The topological polar surface area (TPSA) is 136 Å². The summed E-state index contributed by atoms with van der Waals surface area (Å²) in [6.07, 6.45) is 0.312. The number of rotatable bonds is 4. The molecule has 3 N–H and O–H groups in total. The van der Waals surface area contributed by atoms with Gasteiger partial charge in [0.2, 0.25) is 0 Å². The number of fused-ring (bicyclic) bond motifs is 4. The molecule has 0 saturated carbocycles. The number of carbonyl (C=O) groups is 2. The van der Waals surface area contributed by atoms with Crippen molar-refractivity contribution in [3.8, 4) is 0 Å². The van der Waals surface area contributed by atoms with Gasteiger partial charge in [-0.1, -0.05) is 6.92 Å². The van der Waals surface area contributed by atoms with Crippen LogP contribution in [0, 0.1) is 16.0 Å². The van der Waals surface area contributed by atoms with E-state index in [4.69, 9.17) is 10.8 Å². The van der Waals surface area contributed by atoms with Crippen LogP contribution in [0.3, 0.4) is 0 Å². The van der Waals surface area contributed by atoms with E-state index in [1.165, 1.54) is 24.3 Å². The zero-order chi connectivity index (χ0) is 20.1. The molecule has 1 fully saturated rings. The molecule has 4 rings (SSSR count). The summed E-state index contributed by atoms with van der Waals surface area (Å²) in [4.78, 5) is 33.7. The highest BCUT2D eigenvalue weighted by atomic mass is 32.1. The maximum atomic E-state index is 11.1. The van der Waals surface area contributed by atoms with E-state index in [-0.39, 0.29) is 29.8 Å². The van der Waals surface area contributed by atoms with Crippen molar-refractivity contribution >= 4 is 24.6 Å². The molecule has 0 spiro atoms. The van der Waals surface area contributed by atoms with Crippen molar-refractivity contribution in [1.82, 2.24) is 4.90 Å². The second kappa shape index (κ2) is 9.05. The second-order valence-electron chi connectivity index (χ2n) is 6.72. The number of nitro groups is 1. The van der Waals surface area contributed by atoms with Crippen molar-refractivity contribution in [2.75, 3.05) is 13.2 Å². The predicted octanol–water partition coefficient (Wildman–Crippen LogP) is 1.59. The Labute approximate surface area is 162 Å². The highest BCUT2D eigenvalue weighted by Crippen LogP contribution is 2.26. The molecule has 1 aromatic carbocycles. The molecule has 2 bridgehead atoms. The lowest BCUT2D eigenvalue weighted by Gasteiger charge is -2.24. The lowest BCUT2D eigenvalue weighted by Crippen LogP contribution is -2.40. The smallest absolute Gasteiger partial charge is 0.383 e. The quantitative estimate of drug-likeness (QED) is 0.305. The minimum atomic E-state index is -1.36. The SMILES string of the molecule is CC(CO)CC1CC(S)CN1C(N)=O.O=C1OC([N+](=O)[O-])c2ccc1cc2. The number of hydrogen-bond donors (Lipinski definition) is 3. The summed E-state index contributed by atoms with van der Waals surface area (Å²) in [6, 6.07) is 5.85. The molecule has 4 unspecified atom stereocenters. The van der Waals surface area contributed by atoms with Gasteiger partial charge in [-0.3, -0.25) is 10.1 Å². The molecule has 3 heterocycles. The van der Waals surface area contributed by atoms with E-state index in [1.807, 2.05) is 6.92 Å². The van der Waals surface area contributed by atoms with Crippen molar-refractivity contribution in [3.63, 3.8) is 0 Å². The Morgan fingerprint density at radius 2 is 2.11 bits per heavy atom. The largest absolute Gasteiger partial charge is 0.396 e. The molecule has 1 aromatic rings. The number of thiol groups is 1. The fraction of sp³-hybridized carbons (Fsp3) is 0.529. The Morgan fingerprint density at radius 1 is 1.48 bits per heavy atom. The maximum absolute atomic E-state index is 11.1. The average molecular weight is 397 g/mol. The molecule has 148 valence electrons. The third-order valence-corrected chi connectivity index (χ3v) is 4.88. The van der Waals surface area contributed by atoms with E-state index in [1.54, 1.807) is 4.90 Å². The van der Waals surface area contributed by atoms with E-state index >= 15 is 0 Å². The molecule has 27 heavy (non-hydrogen) atoms. The highest BCUT2D eigenvalue weighted by Gasteiger charge is 2.33. The van der Waals surface area contributed by atoms with Crippen LogP contribution in [-0.2, 0) is 4.74 Å². The lowest BCUT2D eigenvalue weighted by atomic mass is 10.0. The van der Waals surface area contributed by atoms with Gasteiger partial charge in [0.1, 0.15) is 0 Å². The molecule has 3 aliphatic heterocycles. The van der Waals surface area contributed by atoms with Crippen LogP contribution in [0.2, 0.25) is 0 Å². The van der Waals surface area contributed by atoms with Crippen LogP contribution in [-0.4, -0.2) is 51.4 Å². The Balaban J connectivity index is 0.000000194. The molecule has 0 aliphatic carbocycles. The number of aliphatic hydroxyl groups is 1. The molecule has 0 aromatic heterocycles. The van der Waals surface area contributed by atoms with Crippen molar-refractivity contribution in [2.45, 2.75) is 37.3 Å². The molecule has 4 atom stereocenters. The van der Waals surface area contributed by atoms with Crippen LogP contribution >= 0.6 is 12.6 Å². The number of amides is 2. The molecule has 0 radical (unpaired) electrons. The lowest BCUT2D eigenvalue weighted by molar-refractivity contribution is -0.574. The van der Waals surface area contributed by atoms with Crippen LogP contribution in [0.4, 0.5) is 4.79 Å². The van der Waals surface area contributed by atoms with Crippen LogP contribution in [0.1, 0.15) is 41.9 Å². The number of carbonyl (C=O) groups excluding carboxylic acids is 2. The third-order valence-electron chi connectivity index (χ3n) is 4.50. The normalized spacial score (nSPS) is 24.5. The Hall–Kier alpha value is -2.33. The number of likely N-dealkylation sites (tertiary alicyclic amines) is 1. The van der Waals surface area contributed by atoms with Gasteiger partial charge in [0, 0.05) is 24.4 Å². The van der Waals surface area contributed by atoms with Gasteiger partial charge in [0.25, 0.3) is 0 Å². The van der Waals surface area contributed by atoms with E-state index < -0.39 is 17.1 Å². The molecular weight excluding hydrogens is 374 g/mol. The zero-order valence-corrected chi connectivity index (χ0v) is 15.7. The van der Waals surface area contributed by atoms with E-state index in [9.17, 15) is 19.7 Å². The van der Waals surface area contributed by atoms with E-state index in [0.29, 0.717) is 17.7 Å². The summed E-state index contributed by atoms with van der Waals surface area (Å²) >= 11 is 4.35. The fourth-order valence-corrected chi connectivity index (χ4v) is 3.53. The number of benzene rings is 1. The van der Waals surface area contributed by atoms with Crippen molar-refractivity contribution < 1.29 is 24.4 Å². The number of esters is 1. The summed E-state index contributed by atoms with van der Waals surface area (Å²) in [5.74, 6) is -0.442. The average Bonchev–Trinajstić information content (AvgIpc) is 2.82. The van der Waals surface area contributed by atoms with Crippen molar-refractivity contribution in [1.29, 1.82) is 0 Å². The van der Waals surface area contributed by atoms with Gasteiger partial charge in [-0.15, -0.1) is 0 Å². The van der Waals surface area contributed by atoms with Gasteiger partial charge in [0.05, 0.1) is 16.1 Å². The second-order valence-corrected chi connectivity index (χ2v) is 7.45. The number of nitrogens with zero attached hydrogens (tertiary/aromatic N) is 2. The van der Waals surface area contributed by atoms with Gasteiger partial charge in [-0.2, -0.15) is 12.6 Å². The van der Waals surface area contributed by atoms with Gasteiger partial charge >= 0.3 is 18.2 Å². The molecule has 1 saturated heterocycles. The van der Waals surface area contributed by atoms with Crippen LogP contribution < -0.4 is 5.73 Å². The Kier molecular flexibility index (Phi) is 7.03. The Bertz CT molecular complexity index is 698. The number of aliphatic hydroxyl groups excluding tert-OH is 1. The minimum Gasteiger partial charge on any atom is -0.396 e. The fourth-order valence-electron chi connectivity index (χ4n) is 3.11. The monoisotopic (exact) mass is 397 g/mol. The molecule has 3 aliphatic rings. The number of ether oxygens (including phenoxy) is 1. The first-order chi connectivity index (χ1) is 12.7. The summed E-state index contributed by atoms with van der Waals surface area (Å²) in [5.41, 5.74) is 5.99. The molecular formula is C17H23N3O6S. The van der Waals surface area contributed by atoms with Crippen LogP contribution in [0.15, 0.2) is 24.3 Å². The van der Waals surface area contributed by atoms with Crippen LogP contribution in [0.5, 0.6) is 0 Å². The van der Waals surface area contributed by atoms with Crippen molar-refractivity contribution in [3.05, 3.63) is 45.5 Å². The molecule has 9 nitrogen and oxygen atoms in total. The molecule has 2 amide bonds. The first-order valence-corrected chi connectivity index (χ1v) is 9.04. The minimum absolute atomic E-state index is 0.150. The molecule has 10 heteroatoms. The zero-order valence-electron chi connectivity index (χ0n) is 14.9. The first-order valence-electron chi connectivity index (χ1n) is 8.52. The van der Waals surface area contributed by atoms with Gasteiger partial charge in [0.15, 0.2) is 0 Å². The predicted molar refractivity (Wildman–Crippen MR) is 99.9 cm³/mol. The first kappa shape index (κ1) is 21.0. The number of nitrogens with two attached hydrogens (primary N) is 1. The van der Waals surface area contributed by atoms with Crippen molar-refractivity contribution in [2.24, 2.45) is 11.7 Å². The van der Waals surface area contributed by atoms with Gasteiger partial charge < -0.3 is 20.5 Å². The number of primary amides is 1. The number of hydrogen-bond acceptors (Lipinski definition) is 7. The maximum Gasteiger partial charge on any atom is 0.383 e. The standard InChI is InChI=1S/C9H18N2O2S.C8H5NO4/c1-6(5-12)2-7-3-8(14)4-11(7)9(10)13;10-8-6-3-1-5(2-4-6)7(13-8)9(11)12/h6-8,12,14H,2-5H2,1H3,(H2,10,13);1-4,7H. The van der Waals surface area contributed by atoms with Crippen LogP contribution in [0.25, 0.3) is 0 Å². The van der Waals surface area contributed by atoms with Gasteiger partial charge in [-0.05, 0) is 43.0 Å². The van der Waals surface area contributed by atoms with E-state index in [2.05, 4.69) is 17.4 Å². The van der Waals surface area contributed by atoms with Gasteiger partial charge in [-0.25, -0.2) is 9.59 Å². The van der Waals surface area contributed by atoms with E-state index in [0.717, 1.165) is 12.8 Å². The summed E-state index contributed by atoms with van der Waals surface area (Å²) < 4.78 is 4.62. The highest BCUT2D eigenvalue weighted by molar-refractivity contribution is 7.81. The summed E-state index contributed by atoms with van der Waals surface area (Å²) in [6.45, 7) is 2.74. The summed E-state index contributed by atoms with van der Waals surface area (Å²) in [7, 11) is 0. The summed E-state index contributed by atoms with van der Waals surface area (Å²) in [5, 5.41) is 19.6. The third kappa shape index (κ3) is 5.33.